The molecule has 0 fully saturated rings. The molecule has 4 aromatic rings. The van der Waals surface area contributed by atoms with Crippen LogP contribution in [0.15, 0.2) is 30.5 Å². The fourth-order valence-electron chi connectivity index (χ4n) is 3.52. The van der Waals surface area contributed by atoms with Crippen molar-refractivity contribution < 1.29 is 9.84 Å². The summed E-state index contributed by atoms with van der Waals surface area (Å²) < 4.78 is 7.50. The molecule has 1 aromatic carbocycles. The lowest BCUT2D eigenvalue weighted by molar-refractivity contribution is 0.0582. The van der Waals surface area contributed by atoms with Crippen LogP contribution in [0.3, 0.4) is 0 Å². The molecular weight excluding hydrogens is 437 g/mol. The number of hydrogen-bond donors (Lipinski definition) is 2. The highest BCUT2D eigenvalue weighted by Crippen LogP contribution is 2.33. The Hall–Kier alpha value is -2.45. The van der Waals surface area contributed by atoms with Crippen molar-refractivity contribution in [1.29, 1.82) is 0 Å². The lowest BCUT2D eigenvalue weighted by Gasteiger charge is -2.20. The van der Waals surface area contributed by atoms with Gasteiger partial charge in [-0.25, -0.2) is 9.97 Å². The van der Waals surface area contributed by atoms with Crippen molar-refractivity contribution in [2.45, 2.75) is 39.5 Å². The molecule has 0 aliphatic heterocycles. The number of aliphatic hydroxyl groups is 1. The number of nitrogen functional groups attached to an aromatic ring is 1. The Bertz CT molecular complexity index is 1280. The molecule has 3 heterocycles. The van der Waals surface area contributed by atoms with E-state index >= 15 is 0 Å². The quantitative estimate of drug-likeness (QED) is 0.427. The molecule has 7 nitrogen and oxygen atoms in total. The zero-order chi connectivity index (χ0) is 22.3. The van der Waals surface area contributed by atoms with Crippen molar-refractivity contribution in [3.05, 3.63) is 46.3 Å². The summed E-state index contributed by atoms with van der Waals surface area (Å²) in [5, 5.41) is 11.5. The summed E-state index contributed by atoms with van der Waals surface area (Å²) in [5.41, 5.74) is 9.53. The number of hydrogen-bond acceptors (Lipinski definition) is 6. The Morgan fingerprint density at radius 1 is 1.10 bits per heavy atom. The van der Waals surface area contributed by atoms with Crippen molar-refractivity contribution in [1.82, 2.24) is 19.5 Å². The van der Waals surface area contributed by atoms with Gasteiger partial charge in [0.15, 0.2) is 5.82 Å². The van der Waals surface area contributed by atoms with Crippen LogP contribution in [0.1, 0.15) is 26.6 Å². The summed E-state index contributed by atoms with van der Waals surface area (Å²) in [5.74, 6) is 0.957. The highest BCUT2D eigenvalue weighted by Gasteiger charge is 2.23. The number of anilines is 1. The van der Waals surface area contributed by atoms with E-state index in [2.05, 4.69) is 15.0 Å². The van der Waals surface area contributed by atoms with E-state index in [0.29, 0.717) is 58.0 Å². The molecule has 0 bridgehead atoms. The van der Waals surface area contributed by atoms with Gasteiger partial charge in [-0.2, -0.15) is 0 Å². The molecule has 9 heteroatoms. The lowest BCUT2D eigenvalue weighted by atomic mass is 10.1. The normalized spacial score (nSPS) is 12.2. The highest BCUT2D eigenvalue weighted by atomic mass is 35.5. The van der Waals surface area contributed by atoms with Gasteiger partial charge in [-0.15, -0.1) is 0 Å². The van der Waals surface area contributed by atoms with Crippen LogP contribution < -0.4 is 5.73 Å². The largest absolute Gasteiger partial charge is 0.389 e. The van der Waals surface area contributed by atoms with E-state index in [4.69, 9.17) is 33.7 Å². The van der Waals surface area contributed by atoms with Gasteiger partial charge >= 0.3 is 0 Å². The van der Waals surface area contributed by atoms with Crippen LogP contribution in [-0.2, 0) is 17.9 Å². The average Bonchev–Trinajstić information content (AvgIpc) is 3.05. The first-order chi connectivity index (χ1) is 14.7. The number of halogens is 2. The summed E-state index contributed by atoms with van der Waals surface area (Å²) in [4.78, 5) is 13.9. The maximum absolute atomic E-state index is 10.5. The second kappa shape index (κ2) is 8.24. The third-order valence-corrected chi connectivity index (χ3v) is 5.59. The minimum Gasteiger partial charge on any atom is -0.389 e. The molecule has 0 spiro atoms. The van der Waals surface area contributed by atoms with Crippen molar-refractivity contribution in [3.8, 4) is 11.1 Å². The SMILES string of the molecule is CCOCc1nc2c(N)nc3cc(-c4ccc(Cl)c(Cl)c4)cnc3c2n1CC(C)(C)O. The Morgan fingerprint density at radius 3 is 2.55 bits per heavy atom. The molecule has 0 aliphatic rings. The average molecular weight is 460 g/mol. The fraction of sp³-hybridized carbons (Fsp3) is 0.318. The van der Waals surface area contributed by atoms with Crippen LogP contribution in [-0.4, -0.2) is 36.8 Å². The zero-order valence-corrected chi connectivity index (χ0v) is 19.0. The summed E-state index contributed by atoms with van der Waals surface area (Å²) in [6.45, 7) is 6.55. The predicted octanol–water partition coefficient (Wildman–Crippen LogP) is 4.84. The molecule has 0 saturated carbocycles. The Balaban J connectivity index is 1.94. The van der Waals surface area contributed by atoms with Crippen LogP contribution in [0.4, 0.5) is 5.82 Å². The number of nitrogens with zero attached hydrogens (tertiary/aromatic N) is 4. The number of nitrogens with two attached hydrogens (primary N) is 1. The number of benzene rings is 1. The van der Waals surface area contributed by atoms with E-state index in [1.807, 2.05) is 23.6 Å². The number of pyridine rings is 2. The maximum Gasteiger partial charge on any atom is 0.152 e. The minimum atomic E-state index is -0.973. The van der Waals surface area contributed by atoms with E-state index in [-0.39, 0.29) is 0 Å². The summed E-state index contributed by atoms with van der Waals surface area (Å²) in [7, 11) is 0. The molecule has 0 aliphatic carbocycles. The van der Waals surface area contributed by atoms with Gasteiger partial charge in [0.05, 0.1) is 27.7 Å². The second-order valence-corrected chi connectivity index (χ2v) is 8.79. The van der Waals surface area contributed by atoms with E-state index < -0.39 is 5.60 Å². The van der Waals surface area contributed by atoms with Gasteiger partial charge in [-0.3, -0.25) is 4.98 Å². The van der Waals surface area contributed by atoms with Gasteiger partial charge in [0.1, 0.15) is 29.0 Å². The third kappa shape index (κ3) is 4.32. The van der Waals surface area contributed by atoms with Gasteiger partial charge < -0.3 is 20.1 Å². The standard InChI is InChI=1S/C22H23Cl2N5O2/c1-4-31-10-17-28-19-20(29(17)11-22(2,3)30)18-16(27-21(19)25)8-13(9-26-18)12-5-6-14(23)15(24)7-12/h5-9,30H,4,10-11H2,1-3H3,(H2,25,27). The summed E-state index contributed by atoms with van der Waals surface area (Å²) in [6.07, 6.45) is 1.75. The molecule has 0 atom stereocenters. The van der Waals surface area contributed by atoms with Crippen LogP contribution in [0, 0.1) is 0 Å². The number of aromatic nitrogens is 4. The minimum absolute atomic E-state index is 0.294. The maximum atomic E-state index is 10.5. The van der Waals surface area contributed by atoms with Gasteiger partial charge in [0, 0.05) is 18.4 Å². The fourth-order valence-corrected chi connectivity index (χ4v) is 3.81. The topological polar surface area (TPSA) is 99.1 Å². The molecule has 4 rings (SSSR count). The van der Waals surface area contributed by atoms with Gasteiger partial charge in [0.2, 0.25) is 0 Å². The first kappa shape index (κ1) is 21.8. The molecule has 3 aromatic heterocycles. The summed E-state index contributed by atoms with van der Waals surface area (Å²) >= 11 is 12.2. The molecule has 31 heavy (non-hydrogen) atoms. The smallest absolute Gasteiger partial charge is 0.152 e. The second-order valence-electron chi connectivity index (χ2n) is 7.98. The van der Waals surface area contributed by atoms with Crippen molar-refractivity contribution in [2.75, 3.05) is 12.3 Å². The summed E-state index contributed by atoms with van der Waals surface area (Å²) in [6, 6.07) is 7.30. The Morgan fingerprint density at radius 2 is 1.87 bits per heavy atom. The molecular formula is C22H23Cl2N5O2. The Kier molecular flexibility index (Phi) is 5.79. The number of fused-ring (bicyclic) bond motifs is 3. The first-order valence-electron chi connectivity index (χ1n) is 9.88. The molecule has 0 saturated heterocycles. The van der Waals surface area contributed by atoms with E-state index in [1.54, 1.807) is 32.2 Å². The number of rotatable bonds is 6. The van der Waals surface area contributed by atoms with Crippen molar-refractivity contribution in [3.63, 3.8) is 0 Å². The third-order valence-electron chi connectivity index (χ3n) is 4.86. The lowest BCUT2D eigenvalue weighted by Crippen LogP contribution is -2.27. The predicted molar refractivity (Wildman–Crippen MR) is 124 cm³/mol. The highest BCUT2D eigenvalue weighted by molar-refractivity contribution is 6.42. The zero-order valence-electron chi connectivity index (χ0n) is 17.5. The number of imidazole rings is 1. The number of ether oxygens (including phenoxy) is 1. The van der Waals surface area contributed by atoms with Crippen LogP contribution in [0.2, 0.25) is 10.0 Å². The van der Waals surface area contributed by atoms with Gasteiger partial charge in [-0.1, -0.05) is 29.3 Å². The van der Waals surface area contributed by atoms with Crippen molar-refractivity contribution in [2.24, 2.45) is 0 Å². The monoisotopic (exact) mass is 459 g/mol. The van der Waals surface area contributed by atoms with Crippen LogP contribution >= 0.6 is 23.2 Å². The molecule has 0 unspecified atom stereocenters. The molecule has 162 valence electrons. The van der Waals surface area contributed by atoms with E-state index in [1.165, 1.54) is 0 Å². The Labute approximate surface area is 189 Å². The van der Waals surface area contributed by atoms with Gasteiger partial charge in [0.25, 0.3) is 0 Å². The van der Waals surface area contributed by atoms with Crippen molar-refractivity contribution >= 4 is 51.1 Å². The van der Waals surface area contributed by atoms with E-state index in [9.17, 15) is 5.11 Å². The molecule has 3 N–H and O–H groups in total. The van der Waals surface area contributed by atoms with E-state index in [0.717, 1.165) is 16.6 Å². The molecule has 0 amide bonds. The first-order valence-corrected chi connectivity index (χ1v) is 10.6. The van der Waals surface area contributed by atoms with Gasteiger partial charge in [-0.05, 0) is 44.5 Å². The van der Waals surface area contributed by atoms with Crippen LogP contribution in [0.5, 0.6) is 0 Å². The van der Waals surface area contributed by atoms with Crippen LogP contribution in [0.25, 0.3) is 33.2 Å². The molecule has 0 radical (unpaired) electrons.